The first-order chi connectivity index (χ1) is 13.1. The first-order valence-electron chi connectivity index (χ1n) is 9.25. The summed E-state index contributed by atoms with van der Waals surface area (Å²) in [4.78, 5) is 0. The van der Waals surface area contributed by atoms with Crippen LogP contribution in [0.5, 0.6) is 0 Å². The summed E-state index contributed by atoms with van der Waals surface area (Å²) in [5.74, 6) is -1.00. The van der Waals surface area contributed by atoms with Crippen LogP contribution in [-0.2, 0) is 12.8 Å². The van der Waals surface area contributed by atoms with Gasteiger partial charge in [-0.15, -0.1) is 0 Å². The predicted molar refractivity (Wildman–Crippen MR) is 103 cm³/mol. The number of hydrogen-bond acceptors (Lipinski definition) is 1. The summed E-state index contributed by atoms with van der Waals surface area (Å²) < 4.78 is 28.8. The number of fused-ring (bicyclic) bond motifs is 3. The number of rotatable bonds is 4. The van der Waals surface area contributed by atoms with E-state index in [2.05, 4.69) is 25.1 Å². The Hall–Kier alpha value is -2.99. The second-order valence-electron chi connectivity index (χ2n) is 7.07. The van der Waals surface area contributed by atoms with E-state index in [1.165, 1.54) is 23.3 Å². The van der Waals surface area contributed by atoms with Gasteiger partial charge in [-0.05, 0) is 76.9 Å². The van der Waals surface area contributed by atoms with E-state index >= 15 is 0 Å². The summed E-state index contributed by atoms with van der Waals surface area (Å²) in [6, 6.07) is 15.8. The fourth-order valence-corrected chi connectivity index (χ4v) is 3.81. The highest BCUT2D eigenvalue weighted by molar-refractivity contribution is 5.81. The number of nitriles is 1. The van der Waals surface area contributed by atoms with E-state index in [0.717, 1.165) is 42.4 Å². The Bertz CT molecular complexity index is 1080. The minimum Gasteiger partial charge on any atom is -0.206 e. The van der Waals surface area contributed by atoms with Gasteiger partial charge in [0, 0.05) is 5.56 Å². The van der Waals surface area contributed by atoms with E-state index in [1.54, 1.807) is 18.2 Å². The zero-order valence-electron chi connectivity index (χ0n) is 15.2. The second kappa shape index (κ2) is 6.96. The molecule has 0 aromatic heterocycles. The van der Waals surface area contributed by atoms with Crippen LogP contribution in [0, 0.1) is 23.0 Å². The van der Waals surface area contributed by atoms with Gasteiger partial charge in [0.1, 0.15) is 17.7 Å². The van der Waals surface area contributed by atoms with E-state index < -0.39 is 5.82 Å². The maximum Gasteiger partial charge on any atom is 0.141 e. The van der Waals surface area contributed by atoms with Crippen LogP contribution in [0.2, 0.25) is 0 Å². The minimum absolute atomic E-state index is 0.0349. The second-order valence-corrected chi connectivity index (χ2v) is 7.07. The molecule has 1 aliphatic carbocycles. The summed E-state index contributed by atoms with van der Waals surface area (Å²) in [5.41, 5.74) is 6.39. The van der Waals surface area contributed by atoms with Gasteiger partial charge in [-0.25, -0.2) is 8.78 Å². The predicted octanol–water partition coefficient (Wildman–Crippen LogP) is 6.42. The third kappa shape index (κ3) is 3.13. The van der Waals surface area contributed by atoms with Crippen LogP contribution in [0.15, 0.2) is 48.5 Å². The molecule has 0 aliphatic heterocycles. The van der Waals surface area contributed by atoms with Crippen LogP contribution in [0.4, 0.5) is 8.78 Å². The monoisotopic (exact) mass is 359 g/mol. The summed E-state index contributed by atoms with van der Waals surface area (Å²) >= 11 is 0. The number of nitrogens with zero attached hydrogens (tertiary/aromatic N) is 1. The summed E-state index contributed by atoms with van der Waals surface area (Å²) in [6.07, 6.45) is 4.14. The summed E-state index contributed by atoms with van der Waals surface area (Å²) in [7, 11) is 0. The molecule has 0 unspecified atom stereocenters. The van der Waals surface area contributed by atoms with Crippen LogP contribution in [0.1, 0.15) is 42.0 Å². The van der Waals surface area contributed by atoms with Gasteiger partial charge in [0.15, 0.2) is 0 Å². The molecular weight excluding hydrogens is 340 g/mol. The quantitative estimate of drug-likeness (QED) is 0.412. The van der Waals surface area contributed by atoms with Crippen molar-refractivity contribution in [3.05, 3.63) is 82.4 Å². The van der Waals surface area contributed by atoms with Gasteiger partial charge in [-0.1, -0.05) is 37.6 Å². The fourth-order valence-electron chi connectivity index (χ4n) is 3.81. The topological polar surface area (TPSA) is 23.8 Å². The highest BCUT2D eigenvalue weighted by Gasteiger charge is 2.22. The molecule has 3 aromatic carbocycles. The maximum absolute atomic E-state index is 14.8. The van der Waals surface area contributed by atoms with Crippen molar-refractivity contribution >= 4 is 0 Å². The van der Waals surface area contributed by atoms with Gasteiger partial charge in [0.25, 0.3) is 0 Å². The maximum atomic E-state index is 14.8. The third-order valence-electron chi connectivity index (χ3n) is 5.25. The minimum atomic E-state index is -0.626. The lowest BCUT2D eigenvalue weighted by molar-refractivity contribution is 0.622. The molecule has 0 radical (unpaired) electrons. The molecule has 0 amide bonds. The average molecular weight is 359 g/mol. The number of unbranched alkanes of at least 4 members (excludes halogenated alkanes) is 1. The molecule has 3 aromatic rings. The molecule has 1 aliphatic rings. The van der Waals surface area contributed by atoms with E-state index in [9.17, 15) is 8.78 Å². The van der Waals surface area contributed by atoms with Gasteiger partial charge in [0.05, 0.1) is 5.56 Å². The summed E-state index contributed by atoms with van der Waals surface area (Å²) in [5, 5.41) is 8.87. The SMILES string of the molecule is CCCCc1ccc2c(c1)Cc1cc(-c3ccc(C#N)c(F)c3)c(F)cc1-2. The molecule has 0 heterocycles. The van der Waals surface area contributed by atoms with Crippen LogP contribution in [0.3, 0.4) is 0 Å². The van der Waals surface area contributed by atoms with Crippen molar-refractivity contribution in [2.24, 2.45) is 0 Å². The van der Waals surface area contributed by atoms with Crippen molar-refractivity contribution in [1.82, 2.24) is 0 Å². The first kappa shape index (κ1) is 17.4. The van der Waals surface area contributed by atoms with Gasteiger partial charge in [0.2, 0.25) is 0 Å². The average Bonchev–Trinajstić information content (AvgIpc) is 3.02. The molecule has 0 saturated carbocycles. The molecule has 0 saturated heterocycles. The number of aryl methyl sites for hydroxylation is 1. The fraction of sp³-hybridized carbons (Fsp3) is 0.208. The van der Waals surface area contributed by atoms with Gasteiger partial charge < -0.3 is 0 Å². The molecular formula is C24H19F2N. The highest BCUT2D eigenvalue weighted by Crippen LogP contribution is 2.40. The lowest BCUT2D eigenvalue weighted by Crippen LogP contribution is -1.91. The molecule has 4 rings (SSSR count). The van der Waals surface area contributed by atoms with Crippen LogP contribution < -0.4 is 0 Å². The van der Waals surface area contributed by atoms with Crippen LogP contribution in [-0.4, -0.2) is 0 Å². The Labute approximate surface area is 157 Å². The van der Waals surface area contributed by atoms with Crippen molar-refractivity contribution in [2.75, 3.05) is 0 Å². The lowest BCUT2D eigenvalue weighted by Gasteiger charge is -2.09. The van der Waals surface area contributed by atoms with Crippen molar-refractivity contribution in [2.45, 2.75) is 32.6 Å². The first-order valence-corrected chi connectivity index (χ1v) is 9.25. The largest absolute Gasteiger partial charge is 0.206 e. The van der Waals surface area contributed by atoms with Gasteiger partial charge in [-0.3, -0.25) is 0 Å². The molecule has 27 heavy (non-hydrogen) atoms. The standard InChI is InChI=1S/C24H19F2N/c1-2-3-4-15-5-8-20-18(9-15)10-19-11-22(24(26)13-21(19)20)16-6-7-17(14-27)23(25)12-16/h5-9,11-13H,2-4,10H2,1H3. The van der Waals surface area contributed by atoms with Gasteiger partial charge in [-0.2, -0.15) is 5.26 Å². The number of halogens is 2. The molecule has 3 heteroatoms. The molecule has 0 fully saturated rings. The van der Waals surface area contributed by atoms with E-state index in [-0.39, 0.29) is 11.4 Å². The Morgan fingerprint density at radius 2 is 1.70 bits per heavy atom. The van der Waals surface area contributed by atoms with Crippen LogP contribution in [0.25, 0.3) is 22.3 Å². The Morgan fingerprint density at radius 3 is 2.44 bits per heavy atom. The van der Waals surface area contributed by atoms with E-state index in [4.69, 9.17) is 5.26 Å². The number of benzene rings is 3. The molecule has 0 bridgehead atoms. The van der Waals surface area contributed by atoms with E-state index in [1.807, 2.05) is 6.07 Å². The number of hydrogen-bond donors (Lipinski definition) is 0. The molecule has 0 atom stereocenters. The van der Waals surface area contributed by atoms with E-state index in [0.29, 0.717) is 11.1 Å². The zero-order chi connectivity index (χ0) is 19.0. The lowest BCUT2D eigenvalue weighted by atomic mass is 9.97. The molecule has 0 N–H and O–H groups in total. The molecule has 1 nitrogen and oxygen atoms in total. The Morgan fingerprint density at radius 1 is 0.889 bits per heavy atom. The van der Waals surface area contributed by atoms with Crippen molar-refractivity contribution in [1.29, 1.82) is 5.26 Å². The van der Waals surface area contributed by atoms with Crippen LogP contribution >= 0.6 is 0 Å². The van der Waals surface area contributed by atoms with Crippen molar-refractivity contribution in [3.63, 3.8) is 0 Å². The summed E-state index contributed by atoms with van der Waals surface area (Å²) in [6.45, 7) is 2.18. The molecule has 134 valence electrons. The normalized spacial score (nSPS) is 11.8. The third-order valence-corrected chi connectivity index (χ3v) is 5.25. The van der Waals surface area contributed by atoms with Crippen molar-refractivity contribution in [3.8, 4) is 28.3 Å². The smallest absolute Gasteiger partial charge is 0.141 e. The Balaban J connectivity index is 1.72. The Kier molecular flexibility index (Phi) is 4.49. The highest BCUT2D eigenvalue weighted by atomic mass is 19.1. The van der Waals surface area contributed by atoms with Crippen molar-refractivity contribution < 1.29 is 8.78 Å². The molecule has 0 spiro atoms. The zero-order valence-corrected chi connectivity index (χ0v) is 15.2. The van der Waals surface area contributed by atoms with Gasteiger partial charge >= 0.3 is 0 Å².